The first-order valence-electron chi connectivity index (χ1n) is 8.47. The molecule has 1 unspecified atom stereocenters. The van der Waals surface area contributed by atoms with Gasteiger partial charge in [-0.1, -0.05) is 23.4 Å². The van der Waals surface area contributed by atoms with Gasteiger partial charge < -0.3 is 14.9 Å². The van der Waals surface area contributed by atoms with E-state index in [4.69, 9.17) is 9.63 Å². The summed E-state index contributed by atoms with van der Waals surface area (Å²) < 4.78 is 5.26. The second kappa shape index (κ2) is 7.46. The number of rotatable bonds is 5. The Morgan fingerprint density at radius 1 is 1.16 bits per heavy atom. The fourth-order valence-electron chi connectivity index (χ4n) is 3.11. The molecule has 1 aliphatic carbocycles. The van der Waals surface area contributed by atoms with E-state index in [1.165, 1.54) is 0 Å². The lowest BCUT2D eigenvalue weighted by atomic mass is 9.81. The van der Waals surface area contributed by atoms with Crippen LogP contribution in [0.25, 0.3) is 11.5 Å². The van der Waals surface area contributed by atoms with Crippen LogP contribution in [-0.2, 0) is 9.59 Å². The number of carboxylic acid groups (broad SMARTS) is 1. The van der Waals surface area contributed by atoms with Crippen molar-refractivity contribution in [2.75, 3.05) is 0 Å². The van der Waals surface area contributed by atoms with Crippen LogP contribution in [-0.4, -0.2) is 27.1 Å². The molecule has 0 spiro atoms. The Hall–Kier alpha value is -2.70. The summed E-state index contributed by atoms with van der Waals surface area (Å²) in [6, 6.07) is 9.06. The van der Waals surface area contributed by atoms with E-state index >= 15 is 0 Å². The van der Waals surface area contributed by atoms with Crippen LogP contribution in [0.5, 0.6) is 0 Å². The van der Waals surface area contributed by atoms with Gasteiger partial charge in [-0.3, -0.25) is 9.59 Å². The highest BCUT2D eigenvalue weighted by atomic mass is 16.5. The maximum absolute atomic E-state index is 12.4. The minimum Gasteiger partial charge on any atom is -0.481 e. The summed E-state index contributed by atoms with van der Waals surface area (Å²) in [6.45, 7) is 1.81. The maximum Gasteiger partial charge on any atom is 0.306 e. The summed E-state index contributed by atoms with van der Waals surface area (Å²) in [5, 5.41) is 15.9. The quantitative estimate of drug-likeness (QED) is 0.865. The van der Waals surface area contributed by atoms with Gasteiger partial charge in [0.1, 0.15) is 0 Å². The fraction of sp³-hybridized carbons (Fsp3) is 0.444. The van der Waals surface area contributed by atoms with Gasteiger partial charge in [-0.25, -0.2) is 0 Å². The molecule has 2 N–H and O–H groups in total. The summed E-state index contributed by atoms with van der Waals surface area (Å²) in [4.78, 5) is 27.7. The lowest BCUT2D eigenvalue weighted by Crippen LogP contribution is -2.36. The maximum atomic E-state index is 12.4. The van der Waals surface area contributed by atoms with E-state index in [1.54, 1.807) is 6.92 Å². The molecule has 1 fully saturated rings. The van der Waals surface area contributed by atoms with E-state index in [2.05, 4.69) is 15.5 Å². The highest BCUT2D eigenvalue weighted by Gasteiger charge is 2.30. The number of benzene rings is 1. The van der Waals surface area contributed by atoms with E-state index in [9.17, 15) is 9.59 Å². The van der Waals surface area contributed by atoms with Crippen molar-refractivity contribution in [1.82, 2.24) is 15.5 Å². The highest BCUT2D eigenvalue weighted by molar-refractivity contribution is 5.79. The predicted molar refractivity (Wildman–Crippen MR) is 89.4 cm³/mol. The van der Waals surface area contributed by atoms with Gasteiger partial charge in [-0.05, 0) is 44.7 Å². The molecule has 1 heterocycles. The first-order chi connectivity index (χ1) is 12.0. The highest BCUT2D eigenvalue weighted by Crippen LogP contribution is 2.29. The topological polar surface area (TPSA) is 105 Å². The molecule has 7 nitrogen and oxygen atoms in total. The number of aliphatic carboxylic acids is 1. The van der Waals surface area contributed by atoms with Gasteiger partial charge in [-0.2, -0.15) is 4.98 Å². The lowest BCUT2D eigenvalue weighted by molar-refractivity contribution is -0.144. The number of amides is 1. The number of hydrogen-bond acceptors (Lipinski definition) is 5. The van der Waals surface area contributed by atoms with Crippen molar-refractivity contribution in [2.45, 2.75) is 38.6 Å². The molecule has 1 atom stereocenters. The smallest absolute Gasteiger partial charge is 0.306 e. The molecule has 0 saturated heterocycles. The molecule has 1 aromatic heterocycles. The molecule has 132 valence electrons. The average Bonchev–Trinajstić information content (AvgIpc) is 3.13. The normalized spacial score (nSPS) is 21.5. The third-order valence-corrected chi connectivity index (χ3v) is 4.66. The third kappa shape index (κ3) is 4.04. The van der Waals surface area contributed by atoms with Crippen LogP contribution >= 0.6 is 0 Å². The van der Waals surface area contributed by atoms with E-state index in [1.807, 2.05) is 30.3 Å². The zero-order valence-corrected chi connectivity index (χ0v) is 14.0. The minimum atomic E-state index is -0.771. The predicted octanol–water partition coefficient (Wildman–Crippen LogP) is 2.80. The van der Waals surface area contributed by atoms with E-state index in [0.717, 1.165) is 5.56 Å². The fourth-order valence-corrected chi connectivity index (χ4v) is 3.11. The summed E-state index contributed by atoms with van der Waals surface area (Å²) >= 11 is 0. The van der Waals surface area contributed by atoms with Crippen LogP contribution in [0.3, 0.4) is 0 Å². The van der Waals surface area contributed by atoms with Gasteiger partial charge in [0, 0.05) is 11.5 Å². The van der Waals surface area contributed by atoms with E-state index in [-0.39, 0.29) is 23.8 Å². The number of carboxylic acids is 1. The second-order valence-electron chi connectivity index (χ2n) is 6.44. The summed E-state index contributed by atoms with van der Waals surface area (Å²) in [6.07, 6.45) is 2.28. The minimum absolute atomic E-state index is 0.0811. The largest absolute Gasteiger partial charge is 0.481 e. The molecule has 25 heavy (non-hydrogen) atoms. The van der Waals surface area contributed by atoms with Gasteiger partial charge >= 0.3 is 5.97 Å². The SMILES string of the molecule is CC(NC(=O)C1CCC(C(=O)O)CC1)c1noc(-c2ccccc2)n1. The number of hydrogen-bond donors (Lipinski definition) is 2. The van der Waals surface area contributed by atoms with Gasteiger partial charge in [0.05, 0.1) is 12.0 Å². The Bertz CT molecular complexity index is 736. The van der Waals surface area contributed by atoms with E-state index in [0.29, 0.717) is 37.4 Å². The van der Waals surface area contributed by atoms with Crippen LogP contribution in [0.4, 0.5) is 0 Å². The molecule has 2 aromatic rings. The van der Waals surface area contributed by atoms with Crippen molar-refractivity contribution in [3.63, 3.8) is 0 Å². The number of nitrogens with one attached hydrogen (secondary N) is 1. The van der Waals surface area contributed by atoms with Crippen LogP contribution in [0.2, 0.25) is 0 Å². The molecule has 0 aliphatic heterocycles. The Morgan fingerprint density at radius 3 is 2.44 bits per heavy atom. The standard InChI is InChI=1S/C18H21N3O4/c1-11(15-20-17(25-21-15)13-5-3-2-4-6-13)19-16(22)12-7-9-14(10-8-12)18(23)24/h2-6,11-12,14H,7-10H2,1H3,(H,19,22)(H,23,24). The van der Waals surface area contributed by atoms with Gasteiger partial charge in [0.2, 0.25) is 5.91 Å². The van der Waals surface area contributed by atoms with Crippen LogP contribution in [0, 0.1) is 11.8 Å². The molecule has 1 aromatic carbocycles. The van der Waals surface area contributed by atoms with E-state index < -0.39 is 5.97 Å². The molecule has 1 aliphatic rings. The first-order valence-corrected chi connectivity index (χ1v) is 8.47. The van der Waals surface area contributed by atoms with Crippen molar-refractivity contribution >= 4 is 11.9 Å². The molecular formula is C18H21N3O4. The zero-order chi connectivity index (χ0) is 17.8. The number of carbonyl (C=O) groups is 2. The average molecular weight is 343 g/mol. The van der Waals surface area contributed by atoms with Crippen molar-refractivity contribution in [1.29, 1.82) is 0 Å². The zero-order valence-electron chi connectivity index (χ0n) is 14.0. The summed E-state index contributed by atoms with van der Waals surface area (Å²) in [5.41, 5.74) is 0.826. The Morgan fingerprint density at radius 2 is 1.80 bits per heavy atom. The van der Waals surface area contributed by atoms with Gasteiger partial charge in [-0.15, -0.1) is 0 Å². The van der Waals surface area contributed by atoms with Crippen molar-refractivity contribution < 1.29 is 19.2 Å². The van der Waals surface area contributed by atoms with Crippen molar-refractivity contribution in [3.8, 4) is 11.5 Å². The Labute approximate surface area is 145 Å². The second-order valence-corrected chi connectivity index (χ2v) is 6.44. The lowest BCUT2D eigenvalue weighted by Gasteiger charge is -2.26. The molecule has 0 bridgehead atoms. The summed E-state index contributed by atoms with van der Waals surface area (Å²) in [7, 11) is 0. The molecule has 1 amide bonds. The Kier molecular flexibility index (Phi) is 5.11. The molecule has 3 rings (SSSR count). The van der Waals surface area contributed by atoms with Gasteiger partial charge in [0.15, 0.2) is 5.82 Å². The van der Waals surface area contributed by atoms with Crippen LogP contribution in [0.1, 0.15) is 44.5 Å². The molecule has 0 radical (unpaired) electrons. The van der Waals surface area contributed by atoms with Crippen LogP contribution in [0.15, 0.2) is 34.9 Å². The third-order valence-electron chi connectivity index (χ3n) is 4.66. The van der Waals surface area contributed by atoms with Gasteiger partial charge in [0.25, 0.3) is 5.89 Å². The molecule has 7 heteroatoms. The van der Waals surface area contributed by atoms with Crippen LogP contribution < -0.4 is 5.32 Å². The molecule has 1 saturated carbocycles. The van der Waals surface area contributed by atoms with Crippen molar-refractivity contribution in [2.24, 2.45) is 11.8 Å². The number of nitrogens with zero attached hydrogens (tertiary/aromatic N) is 2. The number of aromatic nitrogens is 2. The number of carbonyl (C=O) groups excluding carboxylic acids is 1. The van der Waals surface area contributed by atoms with Crippen molar-refractivity contribution in [3.05, 3.63) is 36.2 Å². The molecular weight excluding hydrogens is 322 g/mol. The Balaban J connectivity index is 1.57. The monoisotopic (exact) mass is 343 g/mol. The first kappa shape index (κ1) is 17.1. The summed E-state index contributed by atoms with van der Waals surface area (Å²) in [5.74, 6) is -0.495.